The molecule has 0 saturated heterocycles. The lowest BCUT2D eigenvalue weighted by Crippen LogP contribution is -2.35. The van der Waals surface area contributed by atoms with E-state index < -0.39 is 10.0 Å². The number of carbonyl (C=O) groups is 1. The van der Waals surface area contributed by atoms with Crippen molar-refractivity contribution < 1.29 is 13.2 Å². The number of nitrogens with one attached hydrogen (secondary N) is 1. The highest BCUT2D eigenvalue weighted by molar-refractivity contribution is 8.15. The minimum Gasteiger partial charge on any atom is -0.322 e. The highest BCUT2D eigenvalue weighted by Crippen LogP contribution is 2.42. The van der Waals surface area contributed by atoms with Crippen LogP contribution in [0.15, 0.2) is 57.8 Å². The predicted molar refractivity (Wildman–Crippen MR) is 95.3 cm³/mol. The number of amides is 1. The Bertz CT molecular complexity index is 956. The van der Waals surface area contributed by atoms with Gasteiger partial charge in [0.1, 0.15) is 0 Å². The molecule has 8 heteroatoms. The second kappa shape index (κ2) is 5.64. The molecule has 2 aromatic carbocycles. The van der Waals surface area contributed by atoms with Gasteiger partial charge >= 0.3 is 0 Å². The van der Waals surface area contributed by atoms with Crippen LogP contribution in [0.5, 0.6) is 0 Å². The number of rotatable bonds is 2. The Labute approximate surface area is 143 Å². The SMILES string of the molecule is O=C(Nc1ccccc1)c1ccc2c(c1)SC1=NS(=O)(=O)CCN12. The van der Waals surface area contributed by atoms with Crippen molar-refractivity contribution in [2.75, 3.05) is 22.5 Å². The largest absolute Gasteiger partial charge is 0.322 e. The highest BCUT2D eigenvalue weighted by Gasteiger charge is 2.33. The number of para-hydroxylation sites is 1. The fourth-order valence-electron chi connectivity index (χ4n) is 2.60. The molecule has 1 amide bonds. The summed E-state index contributed by atoms with van der Waals surface area (Å²) in [6.45, 7) is 0.386. The molecule has 2 aliphatic rings. The van der Waals surface area contributed by atoms with Gasteiger partial charge < -0.3 is 10.2 Å². The van der Waals surface area contributed by atoms with Crippen molar-refractivity contribution in [2.45, 2.75) is 4.90 Å². The second-order valence-electron chi connectivity index (χ2n) is 5.42. The number of fused-ring (bicyclic) bond motifs is 3. The summed E-state index contributed by atoms with van der Waals surface area (Å²) in [6, 6.07) is 14.6. The van der Waals surface area contributed by atoms with Gasteiger partial charge in [-0.2, -0.15) is 0 Å². The second-order valence-corrected chi connectivity index (χ2v) is 8.18. The zero-order valence-corrected chi connectivity index (χ0v) is 14.1. The molecule has 24 heavy (non-hydrogen) atoms. The molecular weight excluding hydrogens is 346 g/mol. The number of thioether (sulfide) groups is 1. The molecule has 0 spiro atoms. The summed E-state index contributed by atoms with van der Waals surface area (Å²) in [4.78, 5) is 15.1. The van der Waals surface area contributed by atoms with Gasteiger partial charge in [-0.05, 0) is 42.1 Å². The van der Waals surface area contributed by atoms with Gasteiger partial charge in [0, 0.05) is 22.7 Å². The molecule has 4 rings (SSSR count). The minimum absolute atomic E-state index is 0.00669. The summed E-state index contributed by atoms with van der Waals surface area (Å²) in [5, 5.41) is 3.29. The maximum Gasteiger partial charge on any atom is 0.257 e. The summed E-state index contributed by atoms with van der Waals surface area (Å²) >= 11 is 1.28. The summed E-state index contributed by atoms with van der Waals surface area (Å²) in [5.41, 5.74) is 2.14. The molecule has 2 heterocycles. The van der Waals surface area contributed by atoms with Gasteiger partial charge in [0.05, 0.1) is 11.4 Å². The molecule has 2 aliphatic heterocycles. The maximum absolute atomic E-state index is 12.4. The average molecular weight is 359 g/mol. The van der Waals surface area contributed by atoms with Crippen molar-refractivity contribution in [2.24, 2.45) is 4.40 Å². The van der Waals surface area contributed by atoms with Crippen LogP contribution in [-0.4, -0.2) is 31.8 Å². The first-order valence-electron chi connectivity index (χ1n) is 7.30. The van der Waals surface area contributed by atoms with Crippen molar-refractivity contribution in [3.63, 3.8) is 0 Å². The minimum atomic E-state index is -3.38. The zero-order valence-electron chi connectivity index (χ0n) is 12.5. The molecule has 122 valence electrons. The van der Waals surface area contributed by atoms with Crippen LogP contribution in [0.3, 0.4) is 0 Å². The van der Waals surface area contributed by atoms with Gasteiger partial charge in [-0.25, -0.2) is 8.42 Å². The lowest BCUT2D eigenvalue weighted by molar-refractivity contribution is 0.102. The lowest BCUT2D eigenvalue weighted by Gasteiger charge is -2.22. The number of nitrogens with zero attached hydrogens (tertiary/aromatic N) is 2. The number of amidine groups is 1. The van der Waals surface area contributed by atoms with Crippen LogP contribution in [0.1, 0.15) is 10.4 Å². The Balaban J connectivity index is 1.61. The topological polar surface area (TPSA) is 78.8 Å². The summed E-state index contributed by atoms with van der Waals surface area (Å²) in [6.07, 6.45) is 0. The van der Waals surface area contributed by atoms with E-state index in [-0.39, 0.29) is 11.7 Å². The standard InChI is InChI=1S/C16H13N3O3S2/c20-15(17-12-4-2-1-3-5-12)11-6-7-13-14(10-11)23-16-18-24(21,22)9-8-19(13)16/h1-7,10H,8-9H2,(H,17,20). The molecule has 0 aromatic heterocycles. The van der Waals surface area contributed by atoms with Crippen LogP contribution in [0, 0.1) is 0 Å². The number of benzene rings is 2. The van der Waals surface area contributed by atoms with Crippen LogP contribution >= 0.6 is 11.8 Å². The molecule has 0 radical (unpaired) electrons. The van der Waals surface area contributed by atoms with E-state index in [2.05, 4.69) is 9.71 Å². The predicted octanol–water partition coefficient (Wildman–Crippen LogP) is 2.55. The number of sulfonamides is 1. The number of carbonyl (C=O) groups excluding carboxylic acids is 1. The Morgan fingerprint density at radius 3 is 2.75 bits per heavy atom. The van der Waals surface area contributed by atoms with E-state index in [4.69, 9.17) is 0 Å². The third kappa shape index (κ3) is 2.78. The zero-order chi connectivity index (χ0) is 16.7. The number of hydrogen-bond acceptors (Lipinski definition) is 5. The van der Waals surface area contributed by atoms with Gasteiger partial charge in [0.25, 0.3) is 15.9 Å². The molecule has 6 nitrogen and oxygen atoms in total. The van der Waals surface area contributed by atoms with E-state index in [0.29, 0.717) is 17.3 Å². The molecule has 0 atom stereocenters. The normalized spacial score (nSPS) is 17.7. The lowest BCUT2D eigenvalue weighted by atomic mass is 10.1. The summed E-state index contributed by atoms with van der Waals surface area (Å²) in [5.74, 6) is -0.198. The Morgan fingerprint density at radius 2 is 1.96 bits per heavy atom. The van der Waals surface area contributed by atoms with Gasteiger partial charge in [0.2, 0.25) is 0 Å². The smallest absolute Gasteiger partial charge is 0.257 e. The molecule has 0 unspecified atom stereocenters. The average Bonchev–Trinajstić information content (AvgIpc) is 2.90. The Kier molecular flexibility index (Phi) is 3.58. The quantitative estimate of drug-likeness (QED) is 0.891. The molecule has 0 saturated carbocycles. The number of anilines is 2. The third-order valence-electron chi connectivity index (χ3n) is 3.77. The highest BCUT2D eigenvalue weighted by atomic mass is 32.2. The molecule has 2 aromatic rings. The van der Waals surface area contributed by atoms with Crippen molar-refractivity contribution in [3.05, 3.63) is 54.1 Å². The van der Waals surface area contributed by atoms with Gasteiger partial charge in [-0.1, -0.05) is 18.2 Å². The van der Waals surface area contributed by atoms with Crippen molar-refractivity contribution in [1.82, 2.24) is 0 Å². The van der Waals surface area contributed by atoms with E-state index in [1.54, 1.807) is 12.1 Å². The first kappa shape index (κ1) is 15.2. The molecule has 1 N–H and O–H groups in total. The maximum atomic E-state index is 12.4. The van der Waals surface area contributed by atoms with Crippen LogP contribution in [0.25, 0.3) is 0 Å². The van der Waals surface area contributed by atoms with Gasteiger partial charge in [0.15, 0.2) is 5.17 Å². The van der Waals surface area contributed by atoms with E-state index in [1.165, 1.54) is 11.8 Å². The summed E-state index contributed by atoms with van der Waals surface area (Å²) < 4.78 is 27.1. The fraction of sp³-hybridized carbons (Fsp3) is 0.125. The van der Waals surface area contributed by atoms with E-state index >= 15 is 0 Å². The molecule has 0 bridgehead atoms. The van der Waals surface area contributed by atoms with Crippen LogP contribution in [0.2, 0.25) is 0 Å². The van der Waals surface area contributed by atoms with Crippen LogP contribution in [0.4, 0.5) is 11.4 Å². The molecule has 0 aliphatic carbocycles. The van der Waals surface area contributed by atoms with Crippen LogP contribution in [-0.2, 0) is 10.0 Å². The Hall–Kier alpha value is -2.32. The monoisotopic (exact) mass is 359 g/mol. The van der Waals surface area contributed by atoms with Gasteiger partial charge in [-0.15, -0.1) is 4.40 Å². The summed E-state index contributed by atoms with van der Waals surface area (Å²) in [7, 11) is -3.38. The molecular formula is C16H13N3O3S2. The van der Waals surface area contributed by atoms with Gasteiger partial charge in [-0.3, -0.25) is 4.79 Å². The van der Waals surface area contributed by atoms with E-state index in [9.17, 15) is 13.2 Å². The number of hydrogen-bond donors (Lipinski definition) is 1. The van der Waals surface area contributed by atoms with Crippen molar-refractivity contribution in [3.8, 4) is 0 Å². The first-order valence-corrected chi connectivity index (χ1v) is 9.73. The Morgan fingerprint density at radius 1 is 1.17 bits per heavy atom. The first-order chi connectivity index (χ1) is 11.5. The van der Waals surface area contributed by atoms with E-state index in [0.717, 1.165) is 16.3 Å². The fourth-order valence-corrected chi connectivity index (χ4v) is 4.89. The molecule has 0 fully saturated rings. The van der Waals surface area contributed by atoms with Crippen molar-refractivity contribution in [1.29, 1.82) is 0 Å². The van der Waals surface area contributed by atoms with Crippen molar-refractivity contribution >= 4 is 44.2 Å². The third-order valence-corrected chi connectivity index (χ3v) is 6.07. The van der Waals surface area contributed by atoms with E-state index in [1.807, 2.05) is 41.3 Å². The van der Waals surface area contributed by atoms with Crippen LogP contribution < -0.4 is 10.2 Å².